The van der Waals surface area contributed by atoms with E-state index in [9.17, 15) is 0 Å². The number of rotatable bonds is 5. The summed E-state index contributed by atoms with van der Waals surface area (Å²) in [6.07, 6.45) is 2.10. The molecule has 0 spiro atoms. The van der Waals surface area contributed by atoms with E-state index in [1.807, 2.05) is 28.9 Å². The van der Waals surface area contributed by atoms with Gasteiger partial charge in [-0.25, -0.2) is 9.67 Å². The fourth-order valence-electron chi connectivity index (χ4n) is 4.86. The topological polar surface area (TPSA) is 35.6 Å². The average Bonchev–Trinajstić information content (AvgIpc) is 3.47. The highest BCUT2D eigenvalue weighted by molar-refractivity contribution is 9.10. The fraction of sp³-hybridized carbons (Fsp3) is 0.0968. The molecule has 2 aromatic heterocycles. The molecule has 0 aliphatic heterocycles. The molecule has 0 aliphatic carbocycles. The van der Waals surface area contributed by atoms with Crippen LogP contribution in [0.2, 0.25) is 0 Å². The van der Waals surface area contributed by atoms with Crippen molar-refractivity contribution in [3.8, 4) is 28.3 Å². The quantitative estimate of drug-likeness (QED) is 0.225. The third kappa shape index (κ3) is 4.27. The third-order valence-corrected chi connectivity index (χ3v) is 6.90. The van der Waals surface area contributed by atoms with Gasteiger partial charge < -0.3 is 4.57 Å². The summed E-state index contributed by atoms with van der Waals surface area (Å²) >= 11 is 3.56. The smallest absolute Gasteiger partial charge is 0.145 e. The minimum atomic E-state index is 0.731. The first kappa shape index (κ1) is 22.5. The predicted molar refractivity (Wildman–Crippen MR) is 150 cm³/mol. The van der Waals surface area contributed by atoms with Crippen LogP contribution in [0.3, 0.4) is 0 Å². The van der Waals surface area contributed by atoms with Gasteiger partial charge in [-0.2, -0.15) is 5.10 Å². The first-order valence-corrected chi connectivity index (χ1v) is 12.8. The Morgan fingerprint density at radius 3 is 2.22 bits per heavy atom. The Bertz CT molecular complexity index is 1660. The van der Waals surface area contributed by atoms with E-state index in [-0.39, 0.29) is 0 Å². The maximum atomic E-state index is 5.14. The SMILES string of the molecule is Cc1cc(C)cc(Cn2c(-c3cn(-c4ccccc4)nc3-c3ccc(Br)cc3)nc3ccccc32)c1. The highest BCUT2D eigenvalue weighted by Crippen LogP contribution is 2.35. The normalized spacial score (nSPS) is 11.3. The van der Waals surface area contributed by atoms with Gasteiger partial charge in [0.15, 0.2) is 0 Å². The van der Waals surface area contributed by atoms with Crippen LogP contribution in [0, 0.1) is 13.8 Å². The van der Waals surface area contributed by atoms with Crippen molar-refractivity contribution in [2.24, 2.45) is 0 Å². The number of hydrogen-bond donors (Lipinski definition) is 0. The van der Waals surface area contributed by atoms with E-state index in [2.05, 4.69) is 113 Å². The molecule has 0 saturated carbocycles. The Kier molecular flexibility index (Phi) is 5.78. The number of para-hydroxylation sites is 3. The highest BCUT2D eigenvalue weighted by atomic mass is 79.9. The van der Waals surface area contributed by atoms with Gasteiger partial charge in [0, 0.05) is 22.8 Å². The zero-order chi connectivity index (χ0) is 24.6. The molecule has 0 amide bonds. The van der Waals surface area contributed by atoms with Gasteiger partial charge in [-0.1, -0.05) is 87.7 Å². The van der Waals surface area contributed by atoms with Gasteiger partial charge in [-0.15, -0.1) is 0 Å². The fourth-order valence-corrected chi connectivity index (χ4v) is 5.12. The van der Waals surface area contributed by atoms with Crippen molar-refractivity contribution in [1.82, 2.24) is 19.3 Å². The molecule has 36 heavy (non-hydrogen) atoms. The molecule has 0 bridgehead atoms. The van der Waals surface area contributed by atoms with Crippen LogP contribution in [0.1, 0.15) is 16.7 Å². The molecule has 0 N–H and O–H groups in total. The van der Waals surface area contributed by atoms with Crippen LogP contribution in [-0.2, 0) is 6.54 Å². The van der Waals surface area contributed by atoms with E-state index in [0.717, 1.165) is 50.4 Å². The number of halogens is 1. The van der Waals surface area contributed by atoms with Crippen molar-refractivity contribution in [3.63, 3.8) is 0 Å². The van der Waals surface area contributed by atoms with E-state index in [1.54, 1.807) is 0 Å². The summed E-state index contributed by atoms with van der Waals surface area (Å²) in [4.78, 5) is 5.14. The minimum absolute atomic E-state index is 0.731. The Labute approximate surface area is 219 Å². The van der Waals surface area contributed by atoms with Crippen molar-refractivity contribution in [2.45, 2.75) is 20.4 Å². The Balaban J connectivity index is 1.59. The van der Waals surface area contributed by atoms with Gasteiger partial charge in [-0.05, 0) is 55.8 Å². The van der Waals surface area contributed by atoms with E-state index in [1.165, 1.54) is 16.7 Å². The molecular weight excluding hydrogens is 508 g/mol. The molecule has 6 rings (SSSR count). The van der Waals surface area contributed by atoms with Gasteiger partial charge in [-0.3, -0.25) is 0 Å². The van der Waals surface area contributed by atoms with Crippen LogP contribution >= 0.6 is 15.9 Å². The molecule has 0 radical (unpaired) electrons. The largest absolute Gasteiger partial charge is 0.319 e. The second-order valence-electron chi connectivity index (χ2n) is 9.18. The second-order valence-corrected chi connectivity index (χ2v) is 10.1. The van der Waals surface area contributed by atoms with Gasteiger partial charge in [0.25, 0.3) is 0 Å². The zero-order valence-electron chi connectivity index (χ0n) is 20.2. The van der Waals surface area contributed by atoms with Crippen molar-refractivity contribution < 1.29 is 0 Å². The number of aryl methyl sites for hydroxylation is 2. The van der Waals surface area contributed by atoms with Crippen LogP contribution < -0.4 is 0 Å². The van der Waals surface area contributed by atoms with E-state index in [0.29, 0.717) is 0 Å². The van der Waals surface area contributed by atoms with Gasteiger partial charge in [0.2, 0.25) is 0 Å². The molecule has 0 saturated heterocycles. The Morgan fingerprint density at radius 2 is 1.47 bits per heavy atom. The van der Waals surface area contributed by atoms with Gasteiger partial charge >= 0.3 is 0 Å². The molecular formula is C31H25BrN4. The molecule has 5 heteroatoms. The molecule has 2 heterocycles. The van der Waals surface area contributed by atoms with Crippen molar-refractivity contribution >= 4 is 27.0 Å². The molecule has 6 aromatic rings. The first-order chi connectivity index (χ1) is 17.5. The monoisotopic (exact) mass is 532 g/mol. The maximum Gasteiger partial charge on any atom is 0.145 e. The minimum Gasteiger partial charge on any atom is -0.319 e. The summed E-state index contributed by atoms with van der Waals surface area (Å²) in [6.45, 7) is 5.03. The molecule has 0 aliphatic rings. The van der Waals surface area contributed by atoms with Crippen LogP contribution in [0.25, 0.3) is 39.4 Å². The number of imidazole rings is 1. The standard InChI is InChI=1S/C31H25BrN4/c1-21-16-22(2)18-23(17-21)19-35-29-11-7-6-10-28(29)33-31(35)27-20-36(26-8-4-3-5-9-26)34-30(27)24-12-14-25(32)15-13-24/h3-18,20H,19H2,1-2H3. The van der Waals surface area contributed by atoms with Crippen molar-refractivity contribution in [1.29, 1.82) is 0 Å². The van der Waals surface area contributed by atoms with Crippen molar-refractivity contribution in [2.75, 3.05) is 0 Å². The lowest BCUT2D eigenvalue weighted by Crippen LogP contribution is -2.03. The molecule has 0 atom stereocenters. The van der Waals surface area contributed by atoms with Gasteiger partial charge in [0.05, 0.1) is 22.3 Å². The lowest BCUT2D eigenvalue weighted by atomic mass is 10.1. The molecule has 4 aromatic carbocycles. The predicted octanol–water partition coefficient (Wildman–Crippen LogP) is 7.98. The van der Waals surface area contributed by atoms with E-state index < -0.39 is 0 Å². The van der Waals surface area contributed by atoms with Crippen molar-refractivity contribution in [3.05, 3.63) is 124 Å². The van der Waals surface area contributed by atoms with Crippen LogP contribution in [-0.4, -0.2) is 19.3 Å². The summed E-state index contributed by atoms with van der Waals surface area (Å²) in [7, 11) is 0. The molecule has 0 unspecified atom stereocenters. The van der Waals surface area contributed by atoms with E-state index >= 15 is 0 Å². The lowest BCUT2D eigenvalue weighted by molar-refractivity contribution is 0.832. The third-order valence-electron chi connectivity index (χ3n) is 6.37. The van der Waals surface area contributed by atoms with E-state index in [4.69, 9.17) is 10.1 Å². The molecule has 0 fully saturated rings. The van der Waals surface area contributed by atoms with Crippen LogP contribution in [0.15, 0.2) is 108 Å². The summed E-state index contributed by atoms with van der Waals surface area (Å²) in [5.74, 6) is 0.912. The summed E-state index contributed by atoms with van der Waals surface area (Å²) in [5, 5.41) is 5.05. The maximum absolute atomic E-state index is 5.14. The highest BCUT2D eigenvalue weighted by Gasteiger charge is 2.21. The number of aromatic nitrogens is 4. The summed E-state index contributed by atoms with van der Waals surface area (Å²) in [6, 6.07) is 33.6. The average molecular weight is 533 g/mol. The Morgan fingerprint density at radius 1 is 0.778 bits per heavy atom. The summed E-state index contributed by atoms with van der Waals surface area (Å²) < 4.78 is 5.31. The van der Waals surface area contributed by atoms with Crippen LogP contribution in [0.5, 0.6) is 0 Å². The summed E-state index contributed by atoms with van der Waals surface area (Å²) in [5.41, 5.74) is 9.86. The molecule has 4 nitrogen and oxygen atoms in total. The number of hydrogen-bond acceptors (Lipinski definition) is 2. The number of nitrogens with zero attached hydrogens (tertiary/aromatic N) is 4. The first-order valence-electron chi connectivity index (χ1n) is 12.0. The number of benzene rings is 4. The van der Waals surface area contributed by atoms with Crippen LogP contribution in [0.4, 0.5) is 0 Å². The molecule has 176 valence electrons. The number of fused-ring (bicyclic) bond motifs is 1. The zero-order valence-corrected chi connectivity index (χ0v) is 21.8. The lowest BCUT2D eigenvalue weighted by Gasteiger charge is -2.11. The second kappa shape index (κ2) is 9.25. The Hall–Kier alpha value is -3.96. The van der Waals surface area contributed by atoms with Gasteiger partial charge in [0.1, 0.15) is 11.5 Å².